The second kappa shape index (κ2) is 9.76. The topological polar surface area (TPSA) is 89.8 Å². The van der Waals surface area contributed by atoms with Crippen LogP contribution in [0, 0.1) is 16.0 Å². The molecular weight excluding hydrogens is 324 g/mol. The second-order valence-corrected chi connectivity index (χ2v) is 5.77. The molecule has 0 saturated carbocycles. The van der Waals surface area contributed by atoms with Gasteiger partial charge in [-0.05, 0) is 25.8 Å². The van der Waals surface area contributed by atoms with Crippen LogP contribution in [0.4, 0.5) is 5.69 Å². The molecule has 0 aliphatic carbocycles. The number of hydrogen-bond acceptors (Lipinski definition) is 5. The Labute approximate surface area is 148 Å². The summed E-state index contributed by atoms with van der Waals surface area (Å²) in [7, 11) is 0. The smallest absolute Gasteiger partial charge is 0.338 e. The molecule has 0 spiro atoms. The van der Waals surface area contributed by atoms with E-state index in [0.717, 1.165) is 18.9 Å². The van der Waals surface area contributed by atoms with Crippen molar-refractivity contribution >= 4 is 17.6 Å². The lowest BCUT2D eigenvalue weighted by atomic mass is 10.0. The summed E-state index contributed by atoms with van der Waals surface area (Å²) in [6.45, 7) is 8.88. The van der Waals surface area contributed by atoms with Gasteiger partial charge in [0.25, 0.3) is 11.6 Å². The first kappa shape index (κ1) is 20.6. The maximum absolute atomic E-state index is 12.8. The van der Waals surface area contributed by atoms with Gasteiger partial charge >= 0.3 is 5.97 Å². The fraction of sp³-hybridized carbons (Fsp3) is 0.556. The summed E-state index contributed by atoms with van der Waals surface area (Å²) in [6.07, 6.45) is 1.90. The predicted octanol–water partition coefficient (Wildman–Crippen LogP) is 3.67. The Hall–Kier alpha value is -2.44. The number of rotatable bonds is 9. The highest BCUT2D eigenvalue weighted by Crippen LogP contribution is 2.21. The number of nitro benzene ring substituents is 1. The fourth-order valence-corrected chi connectivity index (χ4v) is 2.57. The molecule has 7 heteroatoms. The van der Waals surface area contributed by atoms with E-state index in [2.05, 4.69) is 13.8 Å². The molecular formula is C18H26N2O5. The van der Waals surface area contributed by atoms with E-state index in [9.17, 15) is 19.7 Å². The molecule has 138 valence electrons. The molecule has 1 aromatic rings. The molecule has 0 N–H and O–H groups in total. The first-order valence-corrected chi connectivity index (χ1v) is 8.63. The van der Waals surface area contributed by atoms with Crippen LogP contribution in [0.5, 0.6) is 0 Å². The van der Waals surface area contributed by atoms with Crippen molar-refractivity contribution in [3.8, 4) is 0 Å². The van der Waals surface area contributed by atoms with Crippen LogP contribution in [0.3, 0.4) is 0 Å². The molecule has 7 nitrogen and oxygen atoms in total. The SMILES string of the molecule is CCOC(=O)c1cc(C(=O)N(CC)CC(CC)CC)cc([N+](=O)[O-])c1. The molecule has 0 radical (unpaired) electrons. The lowest BCUT2D eigenvalue weighted by Crippen LogP contribution is -2.35. The van der Waals surface area contributed by atoms with E-state index < -0.39 is 10.9 Å². The Morgan fingerprint density at radius 2 is 1.72 bits per heavy atom. The van der Waals surface area contributed by atoms with E-state index in [0.29, 0.717) is 19.0 Å². The number of non-ortho nitro benzene ring substituents is 1. The van der Waals surface area contributed by atoms with Crippen LogP contribution in [0.15, 0.2) is 18.2 Å². The molecule has 1 rings (SSSR count). The van der Waals surface area contributed by atoms with Crippen LogP contribution in [-0.4, -0.2) is 41.4 Å². The monoisotopic (exact) mass is 350 g/mol. The lowest BCUT2D eigenvalue weighted by molar-refractivity contribution is -0.384. The minimum atomic E-state index is -0.678. The van der Waals surface area contributed by atoms with Gasteiger partial charge in [-0.2, -0.15) is 0 Å². The maximum atomic E-state index is 12.8. The third kappa shape index (κ3) is 5.55. The van der Waals surface area contributed by atoms with Crippen LogP contribution in [0.1, 0.15) is 61.3 Å². The molecule has 0 aliphatic rings. The van der Waals surface area contributed by atoms with Gasteiger partial charge in [0.1, 0.15) is 0 Å². The average molecular weight is 350 g/mol. The number of carbonyl (C=O) groups is 2. The van der Waals surface area contributed by atoms with Crippen LogP contribution in [0.2, 0.25) is 0 Å². The van der Waals surface area contributed by atoms with Crippen molar-refractivity contribution in [3.05, 3.63) is 39.4 Å². The standard InChI is InChI=1S/C18H26N2O5/c1-5-13(6-2)12-19(7-3)17(21)14-9-15(18(22)25-8-4)11-16(10-14)20(23)24/h9-11,13H,5-8,12H2,1-4H3. The van der Waals surface area contributed by atoms with E-state index in [1.54, 1.807) is 11.8 Å². The van der Waals surface area contributed by atoms with Gasteiger partial charge in [-0.25, -0.2) is 4.79 Å². The fourth-order valence-electron chi connectivity index (χ4n) is 2.57. The van der Waals surface area contributed by atoms with E-state index in [1.165, 1.54) is 12.1 Å². The zero-order valence-electron chi connectivity index (χ0n) is 15.3. The highest BCUT2D eigenvalue weighted by molar-refractivity contribution is 5.99. The first-order chi connectivity index (χ1) is 11.9. The van der Waals surface area contributed by atoms with Gasteiger partial charge < -0.3 is 9.64 Å². The van der Waals surface area contributed by atoms with Crippen molar-refractivity contribution in [2.45, 2.75) is 40.5 Å². The van der Waals surface area contributed by atoms with E-state index in [-0.39, 0.29) is 29.3 Å². The third-order valence-electron chi connectivity index (χ3n) is 4.19. The Bertz CT molecular complexity index is 626. The van der Waals surface area contributed by atoms with Crippen LogP contribution in [0.25, 0.3) is 0 Å². The minimum absolute atomic E-state index is 0.0120. The maximum Gasteiger partial charge on any atom is 0.338 e. The molecule has 1 aromatic carbocycles. The van der Waals surface area contributed by atoms with E-state index in [1.807, 2.05) is 6.92 Å². The van der Waals surface area contributed by atoms with Crippen molar-refractivity contribution in [1.82, 2.24) is 4.90 Å². The van der Waals surface area contributed by atoms with Crippen LogP contribution >= 0.6 is 0 Å². The number of ether oxygens (including phenoxy) is 1. The van der Waals surface area contributed by atoms with Crippen molar-refractivity contribution in [1.29, 1.82) is 0 Å². The molecule has 0 fully saturated rings. The number of nitro groups is 1. The minimum Gasteiger partial charge on any atom is -0.462 e. The summed E-state index contributed by atoms with van der Waals surface area (Å²) in [6, 6.07) is 3.70. The van der Waals surface area contributed by atoms with Crippen molar-refractivity contribution in [2.75, 3.05) is 19.7 Å². The van der Waals surface area contributed by atoms with Crippen molar-refractivity contribution in [3.63, 3.8) is 0 Å². The van der Waals surface area contributed by atoms with E-state index >= 15 is 0 Å². The molecule has 0 heterocycles. The van der Waals surface area contributed by atoms with Crippen LogP contribution in [-0.2, 0) is 4.74 Å². The molecule has 0 atom stereocenters. The van der Waals surface area contributed by atoms with E-state index in [4.69, 9.17) is 4.74 Å². The number of amides is 1. The largest absolute Gasteiger partial charge is 0.462 e. The van der Waals surface area contributed by atoms with Gasteiger partial charge in [-0.15, -0.1) is 0 Å². The van der Waals surface area contributed by atoms with Gasteiger partial charge in [-0.3, -0.25) is 14.9 Å². The molecule has 0 bridgehead atoms. The average Bonchev–Trinajstić information content (AvgIpc) is 2.62. The second-order valence-electron chi connectivity index (χ2n) is 5.77. The summed E-state index contributed by atoms with van der Waals surface area (Å²) < 4.78 is 4.90. The molecule has 0 aromatic heterocycles. The Morgan fingerprint density at radius 3 is 2.20 bits per heavy atom. The Balaban J connectivity index is 3.21. The summed E-state index contributed by atoms with van der Waals surface area (Å²) in [5.74, 6) is -0.626. The predicted molar refractivity (Wildman–Crippen MR) is 94.7 cm³/mol. The zero-order chi connectivity index (χ0) is 19.0. The summed E-state index contributed by atoms with van der Waals surface area (Å²) >= 11 is 0. The number of nitrogens with zero attached hydrogens (tertiary/aromatic N) is 2. The van der Waals surface area contributed by atoms with Gasteiger partial charge in [0.2, 0.25) is 0 Å². The lowest BCUT2D eigenvalue weighted by Gasteiger charge is -2.25. The third-order valence-corrected chi connectivity index (χ3v) is 4.19. The number of hydrogen-bond donors (Lipinski definition) is 0. The van der Waals surface area contributed by atoms with Crippen LogP contribution < -0.4 is 0 Å². The number of esters is 1. The van der Waals surface area contributed by atoms with Gasteiger partial charge in [0.15, 0.2) is 0 Å². The van der Waals surface area contributed by atoms with Crippen molar-refractivity contribution in [2.24, 2.45) is 5.92 Å². The molecule has 0 aliphatic heterocycles. The highest BCUT2D eigenvalue weighted by Gasteiger charge is 2.22. The Kier molecular flexibility index (Phi) is 8.04. The number of carbonyl (C=O) groups excluding carboxylic acids is 2. The molecule has 0 unspecified atom stereocenters. The summed E-state index contributed by atoms with van der Waals surface area (Å²) in [5.41, 5.74) is -0.157. The molecule has 0 saturated heterocycles. The summed E-state index contributed by atoms with van der Waals surface area (Å²) in [4.78, 5) is 36.9. The zero-order valence-corrected chi connectivity index (χ0v) is 15.3. The number of benzene rings is 1. The van der Waals surface area contributed by atoms with Gasteiger partial charge in [0, 0.05) is 30.8 Å². The van der Waals surface area contributed by atoms with Crippen molar-refractivity contribution < 1.29 is 19.2 Å². The highest BCUT2D eigenvalue weighted by atomic mass is 16.6. The quantitative estimate of drug-likeness (QED) is 0.385. The molecule has 1 amide bonds. The first-order valence-electron chi connectivity index (χ1n) is 8.63. The normalized spacial score (nSPS) is 10.6. The Morgan fingerprint density at radius 1 is 1.12 bits per heavy atom. The van der Waals surface area contributed by atoms with Gasteiger partial charge in [-0.1, -0.05) is 26.7 Å². The van der Waals surface area contributed by atoms with Gasteiger partial charge in [0.05, 0.1) is 17.1 Å². The summed E-state index contributed by atoms with van der Waals surface area (Å²) in [5, 5.41) is 11.1. The molecule has 25 heavy (non-hydrogen) atoms.